The Morgan fingerprint density at radius 3 is 2.91 bits per heavy atom. The Morgan fingerprint density at radius 2 is 2.27 bits per heavy atom. The Hall–Kier alpha value is -2.41. The van der Waals surface area contributed by atoms with E-state index in [1.54, 1.807) is 32.2 Å². The molecule has 1 aromatic heterocycles. The average molecular weight is 303 g/mol. The van der Waals surface area contributed by atoms with Crippen molar-refractivity contribution in [1.82, 2.24) is 10.2 Å². The van der Waals surface area contributed by atoms with E-state index in [1.165, 1.54) is 0 Å². The van der Waals surface area contributed by atoms with Gasteiger partial charge in [-0.25, -0.2) is 0 Å². The number of carbonyl (C=O) groups is 1. The third-order valence-electron chi connectivity index (χ3n) is 3.53. The van der Waals surface area contributed by atoms with Gasteiger partial charge in [0.2, 0.25) is 17.7 Å². The van der Waals surface area contributed by atoms with Crippen molar-refractivity contribution in [2.75, 3.05) is 25.6 Å². The highest BCUT2D eigenvalue weighted by Gasteiger charge is 2.24. The monoisotopic (exact) mass is 303 g/mol. The standard InChI is InChI=1S/C15H17N3O4/c1-9-17-18-15(22-9)10-3-4-13(20-2)12(7-10)16-14(19)11-5-6-21-8-11/h3-4,7,11H,5-6,8H2,1-2H3,(H,16,19)/t11-/m0/s1. The van der Waals surface area contributed by atoms with Crippen molar-refractivity contribution in [3.05, 3.63) is 24.1 Å². The first kappa shape index (κ1) is 14.5. The number of aryl methyl sites for hydroxylation is 1. The third kappa shape index (κ3) is 2.94. The summed E-state index contributed by atoms with van der Waals surface area (Å²) in [5, 5.41) is 10.7. The van der Waals surface area contributed by atoms with Gasteiger partial charge in [-0.2, -0.15) is 0 Å². The van der Waals surface area contributed by atoms with Crippen LogP contribution in [0.4, 0.5) is 5.69 Å². The van der Waals surface area contributed by atoms with Crippen LogP contribution in [0.25, 0.3) is 11.5 Å². The smallest absolute Gasteiger partial charge is 0.247 e. The fraction of sp³-hybridized carbons (Fsp3) is 0.400. The minimum atomic E-state index is -0.126. The van der Waals surface area contributed by atoms with Crippen molar-refractivity contribution < 1.29 is 18.7 Å². The van der Waals surface area contributed by atoms with Gasteiger partial charge in [-0.05, 0) is 24.6 Å². The molecule has 7 nitrogen and oxygen atoms in total. The van der Waals surface area contributed by atoms with Gasteiger partial charge in [0, 0.05) is 19.1 Å². The Balaban J connectivity index is 1.86. The number of nitrogens with zero attached hydrogens (tertiary/aromatic N) is 2. The Bertz CT molecular complexity index is 677. The first-order valence-electron chi connectivity index (χ1n) is 7.04. The van der Waals surface area contributed by atoms with Crippen molar-refractivity contribution in [2.24, 2.45) is 5.92 Å². The van der Waals surface area contributed by atoms with E-state index in [1.807, 2.05) is 0 Å². The molecule has 22 heavy (non-hydrogen) atoms. The molecular formula is C15H17N3O4. The van der Waals surface area contributed by atoms with Crippen molar-refractivity contribution in [3.63, 3.8) is 0 Å². The summed E-state index contributed by atoms with van der Waals surface area (Å²) in [7, 11) is 1.56. The number of nitrogens with one attached hydrogen (secondary N) is 1. The largest absolute Gasteiger partial charge is 0.495 e. The number of amides is 1. The molecule has 0 saturated carbocycles. The number of ether oxygens (including phenoxy) is 2. The van der Waals surface area contributed by atoms with Crippen LogP contribution in [-0.2, 0) is 9.53 Å². The van der Waals surface area contributed by atoms with Gasteiger partial charge < -0.3 is 19.2 Å². The number of carbonyl (C=O) groups excluding carboxylic acids is 1. The average Bonchev–Trinajstić information content (AvgIpc) is 3.18. The highest BCUT2D eigenvalue weighted by atomic mass is 16.5. The van der Waals surface area contributed by atoms with E-state index in [0.29, 0.717) is 36.4 Å². The molecular weight excluding hydrogens is 286 g/mol. The summed E-state index contributed by atoms with van der Waals surface area (Å²) >= 11 is 0. The van der Waals surface area contributed by atoms with Crippen LogP contribution in [0.3, 0.4) is 0 Å². The summed E-state index contributed by atoms with van der Waals surface area (Å²) < 4.78 is 15.9. The zero-order valence-electron chi connectivity index (χ0n) is 12.5. The summed E-state index contributed by atoms with van der Waals surface area (Å²) in [5.41, 5.74) is 1.30. The van der Waals surface area contributed by atoms with Crippen LogP contribution < -0.4 is 10.1 Å². The minimum absolute atomic E-state index is 0.0744. The predicted molar refractivity (Wildman–Crippen MR) is 78.6 cm³/mol. The van der Waals surface area contributed by atoms with E-state index in [0.717, 1.165) is 12.0 Å². The summed E-state index contributed by atoms with van der Waals surface area (Å²) in [4.78, 5) is 12.2. The Morgan fingerprint density at radius 1 is 1.41 bits per heavy atom. The van der Waals surface area contributed by atoms with Gasteiger partial charge >= 0.3 is 0 Å². The molecule has 1 N–H and O–H groups in total. The number of anilines is 1. The molecule has 2 heterocycles. The van der Waals surface area contributed by atoms with Crippen LogP contribution in [0.2, 0.25) is 0 Å². The van der Waals surface area contributed by atoms with Crippen molar-refractivity contribution in [1.29, 1.82) is 0 Å². The summed E-state index contributed by atoms with van der Waals surface area (Å²) in [5.74, 6) is 1.26. The molecule has 116 valence electrons. The lowest BCUT2D eigenvalue weighted by Crippen LogP contribution is -2.23. The van der Waals surface area contributed by atoms with E-state index >= 15 is 0 Å². The zero-order chi connectivity index (χ0) is 15.5. The number of hydrogen-bond donors (Lipinski definition) is 1. The van der Waals surface area contributed by atoms with Crippen molar-refractivity contribution >= 4 is 11.6 Å². The first-order valence-corrected chi connectivity index (χ1v) is 7.04. The van der Waals surface area contributed by atoms with Gasteiger partial charge in [0.1, 0.15) is 5.75 Å². The van der Waals surface area contributed by atoms with Gasteiger partial charge in [-0.15, -0.1) is 10.2 Å². The number of hydrogen-bond acceptors (Lipinski definition) is 6. The molecule has 2 aromatic rings. The van der Waals surface area contributed by atoms with Crippen LogP contribution in [0, 0.1) is 12.8 Å². The summed E-state index contributed by atoms with van der Waals surface area (Å²) in [6, 6.07) is 5.33. The fourth-order valence-electron chi connectivity index (χ4n) is 2.33. The second kappa shape index (κ2) is 6.15. The van der Waals surface area contributed by atoms with E-state index < -0.39 is 0 Å². The summed E-state index contributed by atoms with van der Waals surface area (Å²) in [6.45, 7) is 2.80. The first-order chi connectivity index (χ1) is 10.7. The van der Waals surface area contributed by atoms with Gasteiger partial charge in [0.15, 0.2) is 0 Å². The molecule has 1 aromatic carbocycles. The highest BCUT2D eigenvalue weighted by molar-refractivity contribution is 5.94. The molecule has 1 aliphatic heterocycles. The molecule has 1 saturated heterocycles. The highest BCUT2D eigenvalue weighted by Crippen LogP contribution is 2.31. The Labute approximate surface area is 127 Å². The second-order valence-electron chi connectivity index (χ2n) is 5.09. The topological polar surface area (TPSA) is 86.5 Å². The number of methoxy groups -OCH3 is 1. The van der Waals surface area contributed by atoms with E-state index in [2.05, 4.69) is 15.5 Å². The van der Waals surface area contributed by atoms with Gasteiger partial charge in [0.05, 0.1) is 25.3 Å². The van der Waals surface area contributed by atoms with E-state index in [4.69, 9.17) is 13.9 Å². The van der Waals surface area contributed by atoms with Gasteiger partial charge in [-0.3, -0.25) is 4.79 Å². The maximum absolute atomic E-state index is 12.2. The van der Waals surface area contributed by atoms with Crippen LogP contribution in [0.15, 0.2) is 22.6 Å². The SMILES string of the molecule is COc1ccc(-c2nnc(C)o2)cc1NC(=O)[C@H]1CCOC1. The normalized spacial score (nSPS) is 17.5. The molecule has 3 rings (SSSR count). The van der Waals surface area contributed by atoms with E-state index in [-0.39, 0.29) is 11.8 Å². The molecule has 1 aliphatic rings. The molecule has 1 atom stereocenters. The fourth-order valence-corrected chi connectivity index (χ4v) is 2.33. The minimum Gasteiger partial charge on any atom is -0.495 e. The quantitative estimate of drug-likeness (QED) is 0.930. The van der Waals surface area contributed by atoms with Crippen LogP contribution in [0.1, 0.15) is 12.3 Å². The van der Waals surface area contributed by atoms with E-state index in [9.17, 15) is 4.79 Å². The van der Waals surface area contributed by atoms with Gasteiger partial charge in [0.25, 0.3) is 0 Å². The molecule has 1 fully saturated rings. The van der Waals surface area contributed by atoms with Crippen LogP contribution in [0.5, 0.6) is 5.75 Å². The number of rotatable bonds is 4. The maximum Gasteiger partial charge on any atom is 0.247 e. The van der Waals surface area contributed by atoms with Crippen molar-refractivity contribution in [3.8, 4) is 17.2 Å². The molecule has 1 amide bonds. The third-order valence-corrected chi connectivity index (χ3v) is 3.53. The van der Waals surface area contributed by atoms with Crippen LogP contribution in [-0.4, -0.2) is 36.4 Å². The Kier molecular flexibility index (Phi) is 4.06. The molecule has 0 radical (unpaired) electrons. The van der Waals surface area contributed by atoms with Crippen molar-refractivity contribution in [2.45, 2.75) is 13.3 Å². The zero-order valence-corrected chi connectivity index (χ0v) is 12.5. The number of benzene rings is 1. The molecule has 0 spiro atoms. The second-order valence-corrected chi connectivity index (χ2v) is 5.09. The molecule has 0 aliphatic carbocycles. The lowest BCUT2D eigenvalue weighted by Gasteiger charge is -2.13. The lowest BCUT2D eigenvalue weighted by molar-refractivity contribution is -0.119. The molecule has 7 heteroatoms. The lowest BCUT2D eigenvalue weighted by atomic mass is 10.1. The molecule has 0 unspecified atom stereocenters. The van der Waals surface area contributed by atoms with Gasteiger partial charge in [-0.1, -0.05) is 0 Å². The molecule has 0 bridgehead atoms. The number of aromatic nitrogens is 2. The van der Waals surface area contributed by atoms with Crippen LogP contribution >= 0.6 is 0 Å². The predicted octanol–water partition coefficient (Wildman–Crippen LogP) is 2.03. The maximum atomic E-state index is 12.2. The summed E-state index contributed by atoms with van der Waals surface area (Å²) in [6.07, 6.45) is 0.733.